The minimum absolute atomic E-state index is 0.171. The van der Waals surface area contributed by atoms with Crippen LogP contribution in [0.3, 0.4) is 0 Å². The highest BCUT2D eigenvalue weighted by Crippen LogP contribution is 1.94. The minimum atomic E-state index is -0.232. The van der Waals surface area contributed by atoms with Crippen LogP contribution in [-0.4, -0.2) is 50.2 Å². The Morgan fingerprint density at radius 1 is 1.43 bits per heavy atom. The summed E-state index contributed by atoms with van der Waals surface area (Å²) >= 11 is 0. The molecule has 0 aromatic heterocycles. The second kappa shape index (κ2) is 6.79. The molecule has 4 heteroatoms. The van der Waals surface area contributed by atoms with E-state index >= 15 is 0 Å². The first kappa shape index (κ1) is 13.4. The fourth-order valence-corrected chi connectivity index (χ4v) is 1.21. The molecule has 0 rings (SSSR count). The molecule has 0 saturated heterocycles. The Hall–Kier alpha value is -0.610. The predicted molar refractivity (Wildman–Crippen MR) is 57.2 cm³/mol. The molecule has 0 radical (unpaired) electrons. The highest BCUT2D eigenvalue weighted by Gasteiger charge is 2.20. The molecule has 0 fully saturated rings. The summed E-state index contributed by atoms with van der Waals surface area (Å²) in [6.07, 6.45) is 0. The lowest BCUT2D eigenvalue weighted by molar-refractivity contribution is -0.146. The molecule has 0 aromatic carbocycles. The predicted octanol–water partition coefficient (Wildman–Crippen LogP) is 0.478. The zero-order chi connectivity index (χ0) is 11.1. The average Bonchev–Trinajstić information content (AvgIpc) is 2.01. The number of esters is 1. The van der Waals surface area contributed by atoms with Crippen LogP contribution in [0.4, 0.5) is 0 Å². The molecule has 0 saturated carbocycles. The monoisotopic (exact) mass is 202 g/mol. The molecule has 0 aliphatic carbocycles. The maximum absolute atomic E-state index is 11.5. The summed E-state index contributed by atoms with van der Waals surface area (Å²) in [7, 11) is 3.88. The van der Waals surface area contributed by atoms with Crippen LogP contribution in [0.5, 0.6) is 0 Å². The number of likely N-dealkylation sites (N-methyl/N-ethyl adjacent to an activating group) is 1. The summed E-state index contributed by atoms with van der Waals surface area (Å²) in [5.74, 6) is -0.171. The van der Waals surface area contributed by atoms with Gasteiger partial charge in [0.2, 0.25) is 0 Å². The molecule has 14 heavy (non-hydrogen) atoms. The summed E-state index contributed by atoms with van der Waals surface area (Å²) in [6.45, 7) is 6.95. The maximum Gasteiger partial charge on any atom is 0.324 e. The van der Waals surface area contributed by atoms with E-state index in [4.69, 9.17) is 4.74 Å². The number of rotatable bonds is 6. The first-order chi connectivity index (χ1) is 6.47. The third-order valence-corrected chi connectivity index (χ3v) is 1.65. The molecule has 1 N–H and O–H groups in total. The van der Waals surface area contributed by atoms with Crippen molar-refractivity contribution < 1.29 is 9.53 Å². The number of carbonyl (C=O) groups excluding carboxylic acids is 1. The van der Waals surface area contributed by atoms with E-state index in [1.54, 1.807) is 0 Å². The standard InChI is InChI=1S/C10H22N2O2/c1-6-14-10(13)9(7-12(4)5)11-8(2)3/h8-9,11H,6-7H2,1-5H3. The molecule has 0 aromatic rings. The Labute approximate surface area is 86.6 Å². The van der Waals surface area contributed by atoms with E-state index in [1.165, 1.54) is 0 Å². The lowest BCUT2D eigenvalue weighted by Crippen LogP contribution is -2.47. The molecule has 0 amide bonds. The summed E-state index contributed by atoms with van der Waals surface area (Å²) in [5, 5.41) is 3.18. The van der Waals surface area contributed by atoms with Gasteiger partial charge < -0.3 is 15.0 Å². The van der Waals surface area contributed by atoms with Crippen LogP contribution < -0.4 is 5.32 Å². The Morgan fingerprint density at radius 3 is 2.36 bits per heavy atom. The normalized spacial score (nSPS) is 13.4. The van der Waals surface area contributed by atoms with Gasteiger partial charge in [-0.2, -0.15) is 0 Å². The Kier molecular flexibility index (Phi) is 6.49. The van der Waals surface area contributed by atoms with Crippen LogP contribution in [0.15, 0.2) is 0 Å². The average molecular weight is 202 g/mol. The maximum atomic E-state index is 11.5. The molecule has 1 atom stereocenters. The van der Waals surface area contributed by atoms with Crippen molar-refractivity contribution in [3.05, 3.63) is 0 Å². The van der Waals surface area contributed by atoms with Crippen molar-refractivity contribution in [2.75, 3.05) is 27.2 Å². The van der Waals surface area contributed by atoms with Gasteiger partial charge in [0, 0.05) is 12.6 Å². The number of nitrogens with zero attached hydrogens (tertiary/aromatic N) is 1. The Balaban J connectivity index is 4.15. The molecular weight excluding hydrogens is 180 g/mol. The molecule has 0 heterocycles. The SMILES string of the molecule is CCOC(=O)C(CN(C)C)NC(C)C. The summed E-state index contributed by atoms with van der Waals surface area (Å²) in [6, 6.07) is 0.0503. The van der Waals surface area contributed by atoms with Gasteiger partial charge in [0.1, 0.15) is 6.04 Å². The molecule has 0 bridgehead atoms. The molecule has 4 nitrogen and oxygen atoms in total. The van der Waals surface area contributed by atoms with E-state index in [0.29, 0.717) is 13.2 Å². The van der Waals surface area contributed by atoms with Crippen LogP contribution in [0.25, 0.3) is 0 Å². The van der Waals surface area contributed by atoms with Crippen molar-refractivity contribution in [3.8, 4) is 0 Å². The van der Waals surface area contributed by atoms with Gasteiger partial charge in [-0.15, -0.1) is 0 Å². The van der Waals surface area contributed by atoms with Gasteiger partial charge in [-0.3, -0.25) is 4.79 Å². The van der Waals surface area contributed by atoms with Gasteiger partial charge >= 0.3 is 5.97 Å². The number of hydrogen-bond acceptors (Lipinski definition) is 4. The van der Waals surface area contributed by atoms with Crippen molar-refractivity contribution in [1.82, 2.24) is 10.2 Å². The first-order valence-electron chi connectivity index (χ1n) is 5.04. The van der Waals surface area contributed by atoms with Crippen LogP contribution in [-0.2, 0) is 9.53 Å². The highest BCUT2D eigenvalue weighted by molar-refractivity contribution is 5.76. The van der Waals surface area contributed by atoms with Gasteiger partial charge in [-0.1, -0.05) is 13.8 Å². The highest BCUT2D eigenvalue weighted by atomic mass is 16.5. The van der Waals surface area contributed by atoms with Crippen LogP contribution in [0.1, 0.15) is 20.8 Å². The summed E-state index contributed by atoms with van der Waals surface area (Å²) in [4.78, 5) is 13.5. The minimum Gasteiger partial charge on any atom is -0.465 e. The van der Waals surface area contributed by atoms with Crippen molar-refractivity contribution in [3.63, 3.8) is 0 Å². The largest absolute Gasteiger partial charge is 0.465 e. The van der Waals surface area contributed by atoms with Gasteiger partial charge in [0.25, 0.3) is 0 Å². The lowest BCUT2D eigenvalue weighted by atomic mass is 10.2. The quantitative estimate of drug-likeness (QED) is 0.636. The smallest absolute Gasteiger partial charge is 0.324 e. The van der Waals surface area contributed by atoms with Crippen molar-refractivity contribution in [2.45, 2.75) is 32.9 Å². The first-order valence-corrected chi connectivity index (χ1v) is 5.04. The third kappa shape index (κ3) is 5.94. The Bertz CT molecular complexity index is 160. The van der Waals surface area contributed by atoms with Crippen molar-refractivity contribution in [2.24, 2.45) is 0 Å². The summed E-state index contributed by atoms with van der Waals surface area (Å²) < 4.78 is 4.98. The van der Waals surface area contributed by atoms with E-state index in [2.05, 4.69) is 5.32 Å². The Morgan fingerprint density at radius 2 is 2.00 bits per heavy atom. The second-order valence-electron chi connectivity index (χ2n) is 3.89. The number of hydrogen-bond donors (Lipinski definition) is 1. The summed E-state index contributed by atoms with van der Waals surface area (Å²) in [5.41, 5.74) is 0. The van der Waals surface area contributed by atoms with Crippen LogP contribution in [0, 0.1) is 0 Å². The molecule has 1 unspecified atom stereocenters. The number of ether oxygens (including phenoxy) is 1. The van der Waals surface area contributed by atoms with E-state index < -0.39 is 0 Å². The third-order valence-electron chi connectivity index (χ3n) is 1.65. The van der Waals surface area contributed by atoms with Crippen LogP contribution in [0.2, 0.25) is 0 Å². The number of carbonyl (C=O) groups is 1. The van der Waals surface area contributed by atoms with Crippen molar-refractivity contribution in [1.29, 1.82) is 0 Å². The fourth-order valence-electron chi connectivity index (χ4n) is 1.21. The van der Waals surface area contributed by atoms with E-state index in [9.17, 15) is 4.79 Å². The van der Waals surface area contributed by atoms with Gasteiger partial charge in [0.15, 0.2) is 0 Å². The molecule has 0 spiro atoms. The van der Waals surface area contributed by atoms with Gasteiger partial charge in [-0.05, 0) is 21.0 Å². The van der Waals surface area contributed by atoms with E-state index in [-0.39, 0.29) is 18.1 Å². The van der Waals surface area contributed by atoms with Gasteiger partial charge in [-0.25, -0.2) is 0 Å². The van der Waals surface area contributed by atoms with E-state index in [1.807, 2.05) is 39.8 Å². The lowest BCUT2D eigenvalue weighted by Gasteiger charge is -2.22. The second-order valence-corrected chi connectivity index (χ2v) is 3.89. The fraction of sp³-hybridized carbons (Fsp3) is 0.900. The zero-order valence-electron chi connectivity index (χ0n) is 9.83. The molecule has 0 aliphatic rings. The molecular formula is C10H22N2O2. The molecule has 84 valence electrons. The van der Waals surface area contributed by atoms with E-state index in [0.717, 1.165) is 0 Å². The zero-order valence-corrected chi connectivity index (χ0v) is 9.83. The van der Waals surface area contributed by atoms with Crippen LogP contribution >= 0.6 is 0 Å². The number of nitrogens with one attached hydrogen (secondary N) is 1. The topological polar surface area (TPSA) is 41.6 Å². The molecule has 0 aliphatic heterocycles. The van der Waals surface area contributed by atoms with Gasteiger partial charge in [0.05, 0.1) is 6.61 Å². The van der Waals surface area contributed by atoms with Crippen molar-refractivity contribution >= 4 is 5.97 Å².